The Morgan fingerprint density at radius 2 is 1.75 bits per heavy atom. The summed E-state index contributed by atoms with van der Waals surface area (Å²) >= 11 is 3.36. The smallest absolute Gasteiger partial charge is 0.225 e. The number of nitrogens with zero attached hydrogens (tertiary/aromatic N) is 3. The average Bonchev–Trinajstić information content (AvgIpc) is 2.54. The molecule has 2 N–H and O–H groups in total. The number of aromatic nitrogens is 2. The number of rotatable bonds is 1. The van der Waals surface area contributed by atoms with E-state index in [0.717, 1.165) is 23.3 Å². The van der Waals surface area contributed by atoms with E-state index < -0.39 is 0 Å². The third-order valence-electron chi connectivity index (χ3n) is 3.61. The van der Waals surface area contributed by atoms with Crippen LogP contribution in [0.1, 0.15) is 25.7 Å². The minimum atomic E-state index is 0.365. The second-order valence-corrected chi connectivity index (χ2v) is 5.64. The van der Waals surface area contributed by atoms with Crippen LogP contribution in [0.25, 0.3) is 0 Å². The number of halogens is 1. The summed E-state index contributed by atoms with van der Waals surface area (Å²) in [5, 5.41) is 0. The number of fused-ring (bicyclic) bond motifs is 2. The molecule has 2 unspecified atom stereocenters. The van der Waals surface area contributed by atoms with Crippen LogP contribution in [0, 0.1) is 0 Å². The Balaban J connectivity index is 1.88. The molecule has 2 saturated heterocycles. The van der Waals surface area contributed by atoms with E-state index >= 15 is 0 Å². The maximum Gasteiger partial charge on any atom is 0.225 e. The van der Waals surface area contributed by atoms with E-state index in [9.17, 15) is 0 Å². The molecule has 2 aliphatic heterocycles. The van der Waals surface area contributed by atoms with Crippen LogP contribution in [-0.4, -0.2) is 28.1 Å². The second-order valence-electron chi connectivity index (χ2n) is 4.73. The van der Waals surface area contributed by atoms with Crippen molar-refractivity contribution in [2.24, 2.45) is 5.73 Å². The Hall–Kier alpha value is -0.680. The molecule has 3 rings (SSSR count). The Morgan fingerprint density at radius 1 is 1.19 bits per heavy atom. The van der Waals surface area contributed by atoms with Gasteiger partial charge in [0.25, 0.3) is 0 Å². The second kappa shape index (κ2) is 3.96. The monoisotopic (exact) mass is 282 g/mol. The molecule has 0 aliphatic carbocycles. The van der Waals surface area contributed by atoms with Crippen LogP contribution < -0.4 is 10.6 Å². The minimum absolute atomic E-state index is 0.365. The summed E-state index contributed by atoms with van der Waals surface area (Å²) in [5.41, 5.74) is 6.04. The highest BCUT2D eigenvalue weighted by Gasteiger charge is 2.40. The zero-order valence-electron chi connectivity index (χ0n) is 9.01. The van der Waals surface area contributed by atoms with Crippen LogP contribution in [0.3, 0.4) is 0 Å². The van der Waals surface area contributed by atoms with Gasteiger partial charge in [0.1, 0.15) is 0 Å². The van der Waals surface area contributed by atoms with Crippen molar-refractivity contribution >= 4 is 21.9 Å². The number of anilines is 1. The third kappa shape index (κ3) is 1.72. The highest BCUT2D eigenvalue weighted by molar-refractivity contribution is 9.10. The largest absolute Gasteiger partial charge is 0.335 e. The molecule has 0 aromatic carbocycles. The van der Waals surface area contributed by atoms with Crippen LogP contribution in [0.2, 0.25) is 0 Å². The van der Waals surface area contributed by atoms with Crippen LogP contribution in [-0.2, 0) is 0 Å². The molecule has 2 fully saturated rings. The molecule has 4 nitrogen and oxygen atoms in total. The van der Waals surface area contributed by atoms with Gasteiger partial charge in [-0.25, -0.2) is 9.97 Å². The predicted octanol–water partition coefficient (Wildman–Crippen LogP) is 1.70. The third-order valence-corrected chi connectivity index (χ3v) is 4.02. The maximum absolute atomic E-state index is 6.04. The highest BCUT2D eigenvalue weighted by Crippen LogP contribution is 2.37. The van der Waals surface area contributed by atoms with Gasteiger partial charge in [0.05, 0.1) is 4.47 Å². The van der Waals surface area contributed by atoms with Crippen LogP contribution in [0.4, 0.5) is 5.95 Å². The molecule has 2 bridgehead atoms. The Labute approximate surface area is 103 Å². The lowest BCUT2D eigenvalue weighted by Crippen LogP contribution is -2.48. The molecule has 0 amide bonds. The van der Waals surface area contributed by atoms with E-state index in [1.54, 1.807) is 0 Å². The van der Waals surface area contributed by atoms with Crippen molar-refractivity contribution in [2.75, 3.05) is 4.90 Å². The summed E-state index contributed by atoms with van der Waals surface area (Å²) in [4.78, 5) is 11.2. The first kappa shape index (κ1) is 10.5. The molecule has 0 saturated carbocycles. The van der Waals surface area contributed by atoms with E-state index in [4.69, 9.17) is 5.73 Å². The molecule has 0 radical (unpaired) electrons. The molecule has 1 aromatic rings. The summed E-state index contributed by atoms with van der Waals surface area (Å²) in [5.74, 6) is 0.864. The fourth-order valence-corrected chi connectivity index (χ4v) is 3.19. The molecule has 16 heavy (non-hydrogen) atoms. The van der Waals surface area contributed by atoms with Gasteiger partial charge in [-0.05, 0) is 41.6 Å². The molecular formula is C11H15BrN4. The van der Waals surface area contributed by atoms with E-state index in [-0.39, 0.29) is 0 Å². The molecule has 1 aromatic heterocycles. The minimum Gasteiger partial charge on any atom is -0.335 e. The van der Waals surface area contributed by atoms with Gasteiger partial charge >= 0.3 is 0 Å². The summed E-state index contributed by atoms with van der Waals surface area (Å²) in [6, 6.07) is 1.47. The predicted molar refractivity (Wildman–Crippen MR) is 66.2 cm³/mol. The van der Waals surface area contributed by atoms with Crippen LogP contribution in [0.15, 0.2) is 16.9 Å². The zero-order valence-corrected chi connectivity index (χ0v) is 10.6. The van der Waals surface area contributed by atoms with Crippen molar-refractivity contribution in [1.82, 2.24) is 9.97 Å². The van der Waals surface area contributed by atoms with Gasteiger partial charge in [0.15, 0.2) is 0 Å². The molecule has 86 valence electrons. The summed E-state index contributed by atoms with van der Waals surface area (Å²) in [6.07, 6.45) is 8.26. The Morgan fingerprint density at radius 3 is 2.31 bits per heavy atom. The standard InChI is InChI=1S/C11H15BrN4/c12-7-5-14-11(15-6-7)16-9-1-2-10(16)4-8(13)3-9/h5-6,8-10H,1-4,13H2. The summed E-state index contributed by atoms with van der Waals surface area (Å²) in [6.45, 7) is 0. The van der Waals surface area contributed by atoms with Crippen molar-refractivity contribution in [2.45, 2.75) is 43.8 Å². The normalized spacial score (nSPS) is 33.1. The lowest BCUT2D eigenvalue weighted by Gasteiger charge is -2.37. The van der Waals surface area contributed by atoms with E-state index in [2.05, 4.69) is 30.8 Å². The lowest BCUT2D eigenvalue weighted by molar-refractivity contribution is 0.409. The van der Waals surface area contributed by atoms with Crippen LogP contribution >= 0.6 is 15.9 Å². The van der Waals surface area contributed by atoms with Crippen molar-refractivity contribution in [1.29, 1.82) is 0 Å². The SMILES string of the molecule is NC1CC2CCC(C1)N2c1ncc(Br)cn1. The molecule has 2 aliphatic rings. The van der Waals surface area contributed by atoms with Gasteiger partial charge in [-0.15, -0.1) is 0 Å². The number of nitrogens with two attached hydrogens (primary N) is 1. The zero-order chi connectivity index (χ0) is 11.1. The van der Waals surface area contributed by atoms with E-state index in [1.165, 1.54) is 12.8 Å². The van der Waals surface area contributed by atoms with E-state index in [0.29, 0.717) is 18.1 Å². The van der Waals surface area contributed by atoms with Gasteiger partial charge in [0, 0.05) is 30.5 Å². The summed E-state index contributed by atoms with van der Waals surface area (Å²) in [7, 11) is 0. The maximum atomic E-state index is 6.04. The van der Waals surface area contributed by atoms with Gasteiger partial charge in [-0.1, -0.05) is 0 Å². The topological polar surface area (TPSA) is 55.0 Å². The quantitative estimate of drug-likeness (QED) is 0.852. The van der Waals surface area contributed by atoms with Gasteiger partial charge in [-0.2, -0.15) is 0 Å². The van der Waals surface area contributed by atoms with Gasteiger partial charge < -0.3 is 10.6 Å². The van der Waals surface area contributed by atoms with Crippen molar-refractivity contribution < 1.29 is 0 Å². The molecule has 2 atom stereocenters. The molecular weight excluding hydrogens is 268 g/mol. The number of piperidine rings is 1. The fourth-order valence-electron chi connectivity index (χ4n) is 2.98. The van der Waals surface area contributed by atoms with Gasteiger partial charge in [0.2, 0.25) is 5.95 Å². The number of hydrogen-bond acceptors (Lipinski definition) is 4. The average molecular weight is 283 g/mol. The highest BCUT2D eigenvalue weighted by atomic mass is 79.9. The van der Waals surface area contributed by atoms with Crippen molar-refractivity contribution in [3.05, 3.63) is 16.9 Å². The first-order chi connectivity index (χ1) is 7.74. The molecule has 0 spiro atoms. The summed E-state index contributed by atoms with van der Waals surface area (Å²) < 4.78 is 0.928. The first-order valence-electron chi connectivity index (χ1n) is 5.75. The molecule has 5 heteroatoms. The van der Waals surface area contributed by atoms with Crippen LogP contribution in [0.5, 0.6) is 0 Å². The molecule has 3 heterocycles. The first-order valence-corrected chi connectivity index (χ1v) is 6.55. The van der Waals surface area contributed by atoms with E-state index in [1.807, 2.05) is 12.4 Å². The fraction of sp³-hybridized carbons (Fsp3) is 0.636. The van der Waals surface area contributed by atoms with Crippen molar-refractivity contribution in [3.8, 4) is 0 Å². The number of hydrogen-bond donors (Lipinski definition) is 1. The Kier molecular flexibility index (Phi) is 2.59. The van der Waals surface area contributed by atoms with Crippen molar-refractivity contribution in [3.63, 3.8) is 0 Å². The Bertz CT molecular complexity index is 366. The van der Waals surface area contributed by atoms with Gasteiger partial charge in [-0.3, -0.25) is 0 Å². The lowest BCUT2D eigenvalue weighted by atomic mass is 9.99.